The zero-order valence-electron chi connectivity index (χ0n) is 7.81. The van der Waals surface area contributed by atoms with Crippen molar-refractivity contribution in [3.63, 3.8) is 0 Å². The van der Waals surface area contributed by atoms with E-state index >= 15 is 0 Å². The molecule has 0 aromatic heterocycles. The van der Waals surface area contributed by atoms with Crippen LogP contribution in [0, 0.1) is 17.3 Å². The first kappa shape index (κ1) is 7.37. The van der Waals surface area contributed by atoms with Crippen LogP contribution < -0.4 is 5.32 Å². The average Bonchev–Trinajstić information content (AvgIpc) is 2.47. The summed E-state index contributed by atoms with van der Waals surface area (Å²) in [4.78, 5) is 0. The first-order chi connectivity index (χ1) is 5.91. The first-order valence-electron chi connectivity index (χ1n) is 5.61. The number of hydrogen-bond donors (Lipinski definition) is 1. The number of hydrogen-bond acceptors (Lipinski definition) is 1. The Balaban J connectivity index is 1.83. The van der Waals surface area contributed by atoms with E-state index in [1.54, 1.807) is 6.42 Å². The van der Waals surface area contributed by atoms with Crippen LogP contribution in [-0.4, -0.2) is 13.1 Å². The molecule has 3 fully saturated rings. The highest BCUT2D eigenvalue weighted by Gasteiger charge is 2.50. The predicted octanol–water partition coefficient (Wildman–Crippen LogP) is 2.18. The van der Waals surface area contributed by atoms with Gasteiger partial charge in [-0.25, -0.2) is 0 Å². The minimum atomic E-state index is 0.791. The summed E-state index contributed by atoms with van der Waals surface area (Å²) in [5.74, 6) is 2.17. The highest BCUT2D eigenvalue weighted by atomic mass is 14.9. The van der Waals surface area contributed by atoms with Crippen molar-refractivity contribution in [3.8, 4) is 0 Å². The smallest absolute Gasteiger partial charge is 0.00107 e. The van der Waals surface area contributed by atoms with E-state index in [-0.39, 0.29) is 0 Å². The lowest BCUT2D eigenvalue weighted by Crippen LogP contribution is -2.53. The van der Waals surface area contributed by atoms with E-state index < -0.39 is 0 Å². The van der Waals surface area contributed by atoms with Crippen molar-refractivity contribution >= 4 is 0 Å². The highest BCUT2D eigenvalue weighted by molar-refractivity contribution is 5.02. The maximum atomic E-state index is 3.65. The number of rotatable bonds is 0. The molecule has 1 aliphatic heterocycles. The monoisotopic (exact) mass is 165 g/mol. The van der Waals surface area contributed by atoms with Crippen LogP contribution in [0.25, 0.3) is 0 Å². The van der Waals surface area contributed by atoms with Crippen molar-refractivity contribution < 1.29 is 0 Å². The molecular weight excluding hydrogens is 146 g/mol. The van der Waals surface area contributed by atoms with Gasteiger partial charge in [-0.15, -0.1) is 0 Å². The lowest BCUT2D eigenvalue weighted by molar-refractivity contribution is 0.000221. The molecule has 68 valence electrons. The molecule has 1 nitrogen and oxygen atoms in total. The third-order valence-corrected chi connectivity index (χ3v) is 4.68. The minimum Gasteiger partial charge on any atom is -0.316 e. The maximum absolute atomic E-state index is 3.65. The van der Waals surface area contributed by atoms with Crippen LogP contribution >= 0.6 is 0 Å². The van der Waals surface area contributed by atoms with Crippen molar-refractivity contribution in [1.82, 2.24) is 5.32 Å². The Morgan fingerprint density at radius 1 is 1.08 bits per heavy atom. The van der Waals surface area contributed by atoms with Crippen molar-refractivity contribution in [2.24, 2.45) is 17.3 Å². The standard InChI is InChI=1S/C11H19N/c1-3-9-7-12-8-11(5-2-6-11)10(9)4-1/h9-10,12H,1-8H2. The number of fused-ring (bicyclic) bond motifs is 2. The van der Waals surface area contributed by atoms with E-state index in [1.165, 1.54) is 45.2 Å². The lowest BCUT2D eigenvalue weighted by atomic mass is 9.57. The van der Waals surface area contributed by atoms with E-state index in [2.05, 4.69) is 5.32 Å². The van der Waals surface area contributed by atoms with Gasteiger partial charge < -0.3 is 5.32 Å². The van der Waals surface area contributed by atoms with Crippen LogP contribution in [0.4, 0.5) is 0 Å². The van der Waals surface area contributed by atoms with Gasteiger partial charge in [0.25, 0.3) is 0 Å². The Morgan fingerprint density at radius 3 is 2.75 bits per heavy atom. The SMILES string of the molecule is C1CC2CNCC3(CCC3)C2C1. The van der Waals surface area contributed by atoms with Gasteiger partial charge in [0.2, 0.25) is 0 Å². The molecule has 1 heterocycles. The number of nitrogens with one attached hydrogen (secondary N) is 1. The van der Waals surface area contributed by atoms with Crippen LogP contribution in [0.5, 0.6) is 0 Å². The zero-order valence-corrected chi connectivity index (χ0v) is 7.81. The van der Waals surface area contributed by atoms with Gasteiger partial charge in [0.1, 0.15) is 0 Å². The Labute approximate surface area is 74.9 Å². The molecule has 0 radical (unpaired) electrons. The Kier molecular flexibility index (Phi) is 1.52. The molecular formula is C11H19N. The Hall–Kier alpha value is -0.0400. The zero-order chi connectivity index (χ0) is 8.02. The molecule has 3 aliphatic rings. The van der Waals surface area contributed by atoms with E-state index in [4.69, 9.17) is 0 Å². The summed E-state index contributed by atoms with van der Waals surface area (Å²) in [5, 5.41) is 3.65. The predicted molar refractivity (Wildman–Crippen MR) is 50.0 cm³/mol. The molecule has 0 bridgehead atoms. The summed E-state index contributed by atoms with van der Waals surface area (Å²) in [5.41, 5.74) is 0.791. The molecule has 3 rings (SSSR count). The molecule has 2 unspecified atom stereocenters. The first-order valence-corrected chi connectivity index (χ1v) is 5.61. The Morgan fingerprint density at radius 2 is 2.00 bits per heavy atom. The maximum Gasteiger partial charge on any atom is 0.00107 e. The summed E-state index contributed by atoms with van der Waals surface area (Å²) in [6.07, 6.45) is 9.14. The second-order valence-corrected chi connectivity index (χ2v) is 5.14. The van der Waals surface area contributed by atoms with Crippen LogP contribution in [0.2, 0.25) is 0 Å². The summed E-state index contributed by atoms with van der Waals surface area (Å²) in [6.45, 7) is 2.67. The van der Waals surface area contributed by atoms with Crippen molar-refractivity contribution in [2.45, 2.75) is 38.5 Å². The van der Waals surface area contributed by atoms with E-state index in [0.29, 0.717) is 0 Å². The van der Waals surface area contributed by atoms with Gasteiger partial charge in [0, 0.05) is 6.54 Å². The van der Waals surface area contributed by atoms with Crippen LogP contribution in [-0.2, 0) is 0 Å². The van der Waals surface area contributed by atoms with Gasteiger partial charge in [-0.3, -0.25) is 0 Å². The molecule has 2 aliphatic carbocycles. The fraction of sp³-hybridized carbons (Fsp3) is 1.00. The summed E-state index contributed by atoms with van der Waals surface area (Å²) in [7, 11) is 0. The van der Waals surface area contributed by atoms with Gasteiger partial charge >= 0.3 is 0 Å². The average molecular weight is 165 g/mol. The topological polar surface area (TPSA) is 12.0 Å². The quantitative estimate of drug-likeness (QED) is 0.580. The van der Waals surface area contributed by atoms with E-state index in [9.17, 15) is 0 Å². The van der Waals surface area contributed by atoms with Gasteiger partial charge in [0.05, 0.1) is 0 Å². The van der Waals surface area contributed by atoms with E-state index in [1.807, 2.05) is 0 Å². The number of piperidine rings is 1. The molecule has 0 amide bonds. The Bertz CT molecular complexity index is 183. The second-order valence-electron chi connectivity index (χ2n) is 5.14. The van der Waals surface area contributed by atoms with Gasteiger partial charge in [-0.1, -0.05) is 12.8 Å². The van der Waals surface area contributed by atoms with Gasteiger partial charge in [0.15, 0.2) is 0 Å². The molecule has 0 aromatic carbocycles. The largest absolute Gasteiger partial charge is 0.316 e. The lowest BCUT2D eigenvalue weighted by Gasteiger charge is -2.52. The third-order valence-electron chi connectivity index (χ3n) is 4.68. The van der Waals surface area contributed by atoms with Crippen LogP contribution in [0.15, 0.2) is 0 Å². The normalized spacial score (nSPS) is 44.0. The van der Waals surface area contributed by atoms with Crippen LogP contribution in [0.1, 0.15) is 38.5 Å². The minimum absolute atomic E-state index is 0.791. The molecule has 1 spiro atoms. The molecule has 2 saturated carbocycles. The third kappa shape index (κ3) is 0.834. The molecule has 1 N–H and O–H groups in total. The second kappa shape index (κ2) is 2.47. The molecule has 2 atom stereocenters. The fourth-order valence-electron chi connectivity index (χ4n) is 3.90. The van der Waals surface area contributed by atoms with Crippen molar-refractivity contribution in [2.75, 3.05) is 13.1 Å². The summed E-state index contributed by atoms with van der Waals surface area (Å²) in [6, 6.07) is 0. The molecule has 1 saturated heterocycles. The van der Waals surface area contributed by atoms with Gasteiger partial charge in [-0.2, -0.15) is 0 Å². The fourth-order valence-corrected chi connectivity index (χ4v) is 3.90. The summed E-state index contributed by atoms with van der Waals surface area (Å²) < 4.78 is 0. The van der Waals surface area contributed by atoms with Crippen molar-refractivity contribution in [1.29, 1.82) is 0 Å². The molecule has 12 heavy (non-hydrogen) atoms. The molecule has 1 heteroatoms. The van der Waals surface area contributed by atoms with Crippen LogP contribution in [0.3, 0.4) is 0 Å². The highest BCUT2D eigenvalue weighted by Crippen LogP contribution is 2.55. The van der Waals surface area contributed by atoms with Gasteiger partial charge in [-0.05, 0) is 49.5 Å². The van der Waals surface area contributed by atoms with E-state index in [0.717, 1.165) is 17.3 Å². The summed E-state index contributed by atoms with van der Waals surface area (Å²) >= 11 is 0. The molecule has 0 aromatic rings. The van der Waals surface area contributed by atoms with Crippen molar-refractivity contribution in [3.05, 3.63) is 0 Å².